The van der Waals surface area contributed by atoms with Crippen LogP contribution in [0.15, 0.2) is 55.5 Å². The highest BCUT2D eigenvalue weighted by atomic mass is 16.5. The second-order valence-corrected chi connectivity index (χ2v) is 4.14. The maximum Gasteiger partial charge on any atom is 0.126 e. The number of ether oxygens (including phenoxy) is 1. The van der Waals surface area contributed by atoms with Gasteiger partial charge in [0.05, 0.1) is 5.76 Å². The summed E-state index contributed by atoms with van der Waals surface area (Å²) in [7, 11) is 0. The number of benzene rings is 1. The molecule has 1 aromatic carbocycles. The molecule has 0 aromatic heterocycles. The van der Waals surface area contributed by atoms with E-state index in [1.54, 1.807) is 0 Å². The van der Waals surface area contributed by atoms with Crippen LogP contribution >= 0.6 is 0 Å². The SMILES string of the molecule is C=C(C)OC(=C)c1ccc(N2C=CCC2)cc1. The van der Waals surface area contributed by atoms with E-state index in [1.807, 2.05) is 19.1 Å². The first-order valence-corrected chi connectivity index (χ1v) is 5.73. The van der Waals surface area contributed by atoms with Gasteiger partial charge in [0.1, 0.15) is 5.76 Å². The number of nitrogens with zero attached hydrogens (tertiary/aromatic N) is 1. The third kappa shape index (κ3) is 2.78. The second-order valence-electron chi connectivity index (χ2n) is 4.14. The van der Waals surface area contributed by atoms with Crippen LogP contribution in [-0.2, 0) is 4.74 Å². The maximum atomic E-state index is 5.39. The number of hydrogen-bond acceptors (Lipinski definition) is 2. The van der Waals surface area contributed by atoms with Crippen LogP contribution in [0.3, 0.4) is 0 Å². The lowest BCUT2D eigenvalue weighted by molar-refractivity contribution is 0.388. The quantitative estimate of drug-likeness (QED) is 0.722. The Morgan fingerprint density at radius 3 is 2.47 bits per heavy atom. The third-order valence-electron chi connectivity index (χ3n) is 2.64. The topological polar surface area (TPSA) is 12.5 Å². The Kier molecular flexibility index (Phi) is 3.33. The van der Waals surface area contributed by atoms with E-state index in [9.17, 15) is 0 Å². The van der Waals surface area contributed by atoms with Crippen molar-refractivity contribution in [3.05, 3.63) is 61.0 Å². The number of rotatable bonds is 4. The Morgan fingerprint density at radius 2 is 1.94 bits per heavy atom. The molecule has 0 fully saturated rings. The summed E-state index contributed by atoms with van der Waals surface area (Å²) < 4.78 is 5.39. The van der Waals surface area contributed by atoms with E-state index in [4.69, 9.17) is 4.74 Å². The molecule has 88 valence electrons. The van der Waals surface area contributed by atoms with E-state index in [-0.39, 0.29) is 0 Å². The molecule has 1 aromatic rings. The summed E-state index contributed by atoms with van der Waals surface area (Å²) in [6.45, 7) is 10.5. The summed E-state index contributed by atoms with van der Waals surface area (Å²) in [5.41, 5.74) is 2.19. The fraction of sp³-hybridized carbons (Fsp3) is 0.200. The summed E-state index contributed by atoms with van der Waals surface area (Å²) in [4.78, 5) is 2.23. The summed E-state index contributed by atoms with van der Waals surface area (Å²) in [5, 5.41) is 0. The molecule has 1 aliphatic rings. The molecule has 0 bridgehead atoms. The summed E-state index contributed by atoms with van der Waals surface area (Å²) >= 11 is 0. The van der Waals surface area contributed by atoms with Crippen LogP contribution in [0.4, 0.5) is 5.69 Å². The third-order valence-corrected chi connectivity index (χ3v) is 2.64. The van der Waals surface area contributed by atoms with Crippen molar-refractivity contribution in [2.75, 3.05) is 11.4 Å². The zero-order chi connectivity index (χ0) is 12.3. The fourth-order valence-corrected chi connectivity index (χ4v) is 1.81. The molecule has 1 heterocycles. The van der Waals surface area contributed by atoms with Crippen LogP contribution in [0.5, 0.6) is 0 Å². The fourth-order valence-electron chi connectivity index (χ4n) is 1.81. The van der Waals surface area contributed by atoms with Gasteiger partial charge in [0.15, 0.2) is 0 Å². The van der Waals surface area contributed by atoms with E-state index < -0.39 is 0 Å². The first-order chi connectivity index (χ1) is 8.16. The Bertz CT molecular complexity index is 456. The minimum absolute atomic E-state index is 0.640. The van der Waals surface area contributed by atoms with E-state index in [1.165, 1.54) is 5.69 Å². The van der Waals surface area contributed by atoms with Gasteiger partial charge in [0, 0.05) is 24.0 Å². The van der Waals surface area contributed by atoms with E-state index in [0.717, 1.165) is 18.5 Å². The molecule has 0 saturated heterocycles. The minimum Gasteiger partial charge on any atom is -0.463 e. The summed E-state index contributed by atoms with van der Waals surface area (Å²) in [5.74, 6) is 1.29. The van der Waals surface area contributed by atoms with E-state index >= 15 is 0 Å². The number of allylic oxidation sites excluding steroid dienone is 1. The van der Waals surface area contributed by atoms with Crippen molar-refractivity contribution in [1.82, 2.24) is 0 Å². The average molecular weight is 227 g/mol. The van der Waals surface area contributed by atoms with Crippen molar-refractivity contribution in [2.24, 2.45) is 0 Å². The molecule has 0 aliphatic carbocycles. The predicted molar refractivity (Wildman–Crippen MR) is 72.5 cm³/mol. The zero-order valence-corrected chi connectivity index (χ0v) is 10.1. The Hall–Kier alpha value is -1.96. The van der Waals surface area contributed by atoms with Gasteiger partial charge in [-0.25, -0.2) is 0 Å². The van der Waals surface area contributed by atoms with Gasteiger partial charge in [-0.05, 0) is 37.6 Å². The van der Waals surface area contributed by atoms with E-state index in [0.29, 0.717) is 11.5 Å². The van der Waals surface area contributed by atoms with Crippen molar-refractivity contribution in [3.8, 4) is 0 Å². The second kappa shape index (κ2) is 4.91. The van der Waals surface area contributed by atoms with Gasteiger partial charge in [-0.15, -0.1) is 0 Å². The zero-order valence-electron chi connectivity index (χ0n) is 10.1. The molecule has 0 unspecified atom stereocenters. The van der Waals surface area contributed by atoms with Gasteiger partial charge in [-0.1, -0.05) is 19.2 Å². The maximum absolute atomic E-state index is 5.39. The van der Waals surface area contributed by atoms with Gasteiger partial charge in [-0.2, -0.15) is 0 Å². The largest absolute Gasteiger partial charge is 0.463 e. The van der Waals surface area contributed by atoms with Gasteiger partial charge >= 0.3 is 0 Å². The Balaban J connectivity index is 2.09. The molecule has 0 saturated carbocycles. The Morgan fingerprint density at radius 1 is 1.24 bits per heavy atom. The van der Waals surface area contributed by atoms with Crippen molar-refractivity contribution in [1.29, 1.82) is 0 Å². The highest BCUT2D eigenvalue weighted by Gasteiger charge is 2.07. The van der Waals surface area contributed by atoms with Crippen LogP contribution in [0.2, 0.25) is 0 Å². The van der Waals surface area contributed by atoms with Crippen LogP contribution in [0, 0.1) is 0 Å². The molecule has 2 rings (SSSR count). The molecule has 2 nitrogen and oxygen atoms in total. The number of hydrogen-bond donors (Lipinski definition) is 0. The molecule has 2 heteroatoms. The van der Waals surface area contributed by atoms with Crippen molar-refractivity contribution in [3.63, 3.8) is 0 Å². The van der Waals surface area contributed by atoms with Crippen LogP contribution in [-0.4, -0.2) is 6.54 Å². The van der Waals surface area contributed by atoms with Crippen LogP contribution in [0.1, 0.15) is 18.9 Å². The lowest BCUT2D eigenvalue weighted by Gasteiger charge is -2.16. The average Bonchev–Trinajstić information content (AvgIpc) is 2.82. The monoisotopic (exact) mass is 227 g/mol. The van der Waals surface area contributed by atoms with Crippen molar-refractivity contribution < 1.29 is 4.74 Å². The van der Waals surface area contributed by atoms with Crippen molar-refractivity contribution in [2.45, 2.75) is 13.3 Å². The number of anilines is 1. The van der Waals surface area contributed by atoms with Crippen LogP contribution in [0.25, 0.3) is 5.76 Å². The lowest BCUT2D eigenvalue weighted by Crippen LogP contribution is -2.11. The van der Waals surface area contributed by atoms with Crippen molar-refractivity contribution >= 4 is 11.4 Å². The van der Waals surface area contributed by atoms with Gasteiger partial charge in [0.25, 0.3) is 0 Å². The lowest BCUT2D eigenvalue weighted by atomic mass is 10.1. The molecule has 0 amide bonds. The summed E-state index contributed by atoms with van der Waals surface area (Å²) in [6, 6.07) is 8.20. The highest BCUT2D eigenvalue weighted by Crippen LogP contribution is 2.23. The summed E-state index contributed by atoms with van der Waals surface area (Å²) in [6.07, 6.45) is 5.42. The predicted octanol–water partition coefficient (Wildman–Crippen LogP) is 3.93. The molecule has 0 radical (unpaired) electrons. The van der Waals surface area contributed by atoms with E-state index in [2.05, 4.69) is 42.5 Å². The smallest absolute Gasteiger partial charge is 0.126 e. The first-order valence-electron chi connectivity index (χ1n) is 5.73. The molecule has 0 atom stereocenters. The standard InChI is InChI=1S/C15H17NO/c1-12(2)17-13(3)14-6-8-15(9-7-14)16-10-4-5-11-16/h4,6-10H,1,3,5,11H2,2H3. The Labute approximate surface area is 103 Å². The van der Waals surface area contributed by atoms with Gasteiger partial charge in [-0.3, -0.25) is 0 Å². The molecular weight excluding hydrogens is 210 g/mol. The normalized spacial score (nSPS) is 13.8. The first kappa shape index (κ1) is 11.5. The molecule has 0 N–H and O–H groups in total. The van der Waals surface area contributed by atoms with Gasteiger partial charge < -0.3 is 9.64 Å². The van der Waals surface area contributed by atoms with Crippen LogP contribution < -0.4 is 4.90 Å². The molecule has 0 spiro atoms. The molecule has 1 aliphatic heterocycles. The highest BCUT2D eigenvalue weighted by molar-refractivity contribution is 5.62. The molecular formula is C15H17NO. The molecule has 17 heavy (non-hydrogen) atoms. The van der Waals surface area contributed by atoms with Gasteiger partial charge in [0.2, 0.25) is 0 Å². The minimum atomic E-state index is 0.640.